The van der Waals surface area contributed by atoms with Crippen LogP contribution in [-0.4, -0.2) is 35.3 Å². The minimum atomic E-state index is -1.13. The first kappa shape index (κ1) is 13.5. The van der Waals surface area contributed by atoms with Crippen LogP contribution >= 0.6 is 0 Å². The predicted molar refractivity (Wildman–Crippen MR) is 64.5 cm³/mol. The minimum absolute atomic E-state index is 0.214. The molecule has 1 aromatic carbocycles. The van der Waals surface area contributed by atoms with Crippen molar-refractivity contribution < 1.29 is 18.4 Å². The Kier molecular flexibility index (Phi) is 3.26. The summed E-state index contributed by atoms with van der Waals surface area (Å²) < 4.78 is 27.2. The molecule has 1 aromatic rings. The number of benzene rings is 1. The summed E-state index contributed by atoms with van der Waals surface area (Å²) in [7, 11) is 0. The van der Waals surface area contributed by atoms with Gasteiger partial charge in [0.2, 0.25) is 5.91 Å². The molecule has 0 radical (unpaired) electrons. The highest BCUT2D eigenvalue weighted by Crippen LogP contribution is 2.23. The molecule has 0 bridgehead atoms. The van der Waals surface area contributed by atoms with E-state index in [-0.39, 0.29) is 19.0 Å². The summed E-state index contributed by atoms with van der Waals surface area (Å²) in [6, 6.07) is 3.23. The van der Waals surface area contributed by atoms with Crippen molar-refractivity contribution in [3.63, 3.8) is 0 Å². The molecule has 1 fully saturated rings. The first-order valence-corrected chi connectivity index (χ1v) is 5.90. The van der Waals surface area contributed by atoms with Crippen molar-refractivity contribution in [2.45, 2.75) is 19.4 Å². The number of carbonyl (C=O) groups excluding carboxylic acids is 2. The molecule has 0 aromatic heterocycles. The van der Waals surface area contributed by atoms with Gasteiger partial charge in [-0.1, -0.05) is 6.07 Å². The summed E-state index contributed by atoms with van der Waals surface area (Å²) in [5.41, 5.74) is -1.75. The fourth-order valence-corrected chi connectivity index (χ4v) is 2.09. The SMILES string of the molecule is CC1(C)C(=O)NCCN1C(=O)c1c(F)cccc1F. The quantitative estimate of drug-likeness (QED) is 0.835. The van der Waals surface area contributed by atoms with E-state index < -0.39 is 28.6 Å². The lowest BCUT2D eigenvalue weighted by Gasteiger charge is -2.41. The van der Waals surface area contributed by atoms with Crippen molar-refractivity contribution >= 4 is 11.8 Å². The maximum Gasteiger partial charge on any atom is 0.260 e. The highest BCUT2D eigenvalue weighted by Gasteiger charge is 2.41. The van der Waals surface area contributed by atoms with Gasteiger partial charge in [-0.25, -0.2) is 8.78 Å². The normalized spacial score (nSPS) is 18.1. The van der Waals surface area contributed by atoms with Crippen molar-refractivity contribution in [1.29, 1.82) is 0 Å². The average molecular weight is 268 g/mol. The Labute approximate surface area is 109 Å². The average Bonchev–Trinajstić information content (AvgIpc) is 2.32. The fourth-order valence-electron chi connectivity index (χ4n) is 2.09. The molecule has 2 amide bonds. The number of carbonyl (C=O) groups is 2. The lowest BCUT2D eigenvalue weighted by Crippen LogP contribution is -2.63. The van der Waals surface area contributed by atoms with Gasteiger partial charge >= 0.3 is 0 Å². The Balaban J connectivity index is 2.41. The van der Waals surface area contributed by atoms with Crippen LogP contribution in [0, 0.1) is 11.6 Å². The number of halogens is 2. The Hall–Kier alpha value is -1.98. The molecule has 1 saturated heterocycles. The van der Waals surface area contributed by atoms with Crippen LogP contribution in [-0.2, 0) is 4.79 Å². The Morgan fingerprint density at radius 2 is 1.89 bits per heavy atom. The van der Waals surface area contributed by atoms with Crippen LogP contribution in [0.2, 0.25) is 0 Å². The zero-order valence-corrected chi connectivity index (χ0v) is 10.7. The Bertz CT molecular complexity index is 523. The van der Waals surface area contributed by atoms with Gasteiger partial charge in [-0.3, -0.25) is 9.59 Å². The maximum atomic E-state index is 13.6. The summed E-state index contributed by atoms with van der Waals surface area (Å²) in [5.74, 6) is -3.00. The highest BCUT2D eigenvalue weighted by molar-refractivity contribution is 6.00. The third-order valence-corrected chi connectivity index (χ3v) is 3.27. The predicted octanol–water partition coefficient (Wildman–Crippen LogP) is 1.32. The first-order chi connectivity index (χ1) is 8.85. The van der Waals surface area contributed by atoms with Crippen molar-refractivity contribution in [3.8, 4) is 0 Å². The van der Waals surface area contributed by atoms with Gasteiger partial charge in [0.15, 0.2) is 0 Å². The second kappa shape index (κ2) is 4.60. The molecule has 4 nitrogen and oxygen atoms in total. The number of piperazine rings is 1. The molecular formula is C13H14F2N2O2. The fraction of sp³-hybridized carbons (Fsp3) is 0.385. The van der Waals surface area contributed by atoms with E-state index >= 15 is 0 Å². The molecule has 0 saturated carbocycles. The van der Waals surface area contributed by atoms with E-state index in [9.17, 15) is 18.4 Å². The van der Waals surface area contributed by atoms with Gasteiger partial charge in [-0.15, -0.1) is 0 Å². The van der Waals surface area contributed by atoms with Crippen LogP contribution in [0.15, 0.2) is 18.2 Å². The molecule has 1 heterocycles. The summed E-state index contributed by atoms with van der Waals surface area (Å²) in [6.07, 6.45) is 0. The van der Waals surface area contributed by atoms with Crippen LogP contribution < -0.4 is 5.32 Å². The van der Waals surface area contributed by atoms with E-state index in [0.717, 1.165) is 12.1 Å². The zero-order valence-electron chi connectivity index (χ0n) is 10.7. The maximum absolute atomic E-state index is 13.6. The van der Waals surface area contributed by atoms with Gasteiger partial charge in [-0.2, -0.15) is 0 Å². The van der Waals surface area contributed by atoms with Gasteiger partial charge in [0.05, 0.1) is 0 Å². The third kappa shape index (κ3) is 2.18. The lowest BCUT2D eigenvalue weighted by atomic mass is 9.97. The van der Waals surface area contributed by atoms with Crippen molar-refractivity contribution in [1.82, 2.24) is 10.2 Å². The van der Waals surface area contributed by atoms with E-state index in [1.807, 2.05) is 0 Å². The van der Waals surface area contributed by atoms with Crippen LogP contribution in [0.25, 0.3) is 0 Å². The second-order valence-electron chi connectivity index (χ2n) is 4.87. The molecule has 6 heteroatoms. The van der Waals surface area contributed by atoms with Crippen LogP contribution in [0.1, 0.15) is 24.2 Å². The number of hydrogen-bond donors (Lipinski definition) is 1. The summed E-state index contributed by atoms with van der Waals surface area (Å²) >= 11 is 0. The van der Waals surface area contributed by atoms with Gasteiger partial charge in [0.25, 0.3) is 5.91 Å². The van der Waals surface area contributed by atoms with Crippen molar-refractivity contribution in [3.05, 3.63) is 35.4 Å². The van der Waals surface area contributed by atoms with Gasteiger partial charge in [0, 0.05) is 13.1 Å². The number of nitrogens with one attached hydrogen (secondary N) is 1. The van der Waals surface area contributed by atoms with Crippen molar-refractivity contribution in [2.24, 2.45) is 0 Å². The first-order valence-electron chi connectivity index (χ1n) is 5.90. The number of rotatable bonds is 1. The smallest absolute Gasteiger partial charge is 0.260 e. The van der Waals surface area contributed by atoms with Crippen molar-refractivity contribution in [2.75, 3.05) is 13.1 Å². The zero-order chi connectivity index (χ0) is 14.2. The molecule has 19 heavy (non-hydrogen) atoms. The molecule has 1 N–H and O–H groups in total. The van der Waals surface area contributed by atoms with E-state index in [2.05, 4.69) is 5.32 Å². The third-order valence-electron chi connectivity index (χ3n) is 3.27. The Morgan fingerprint density at radius 3 is 2.47 bits per heavy atom. The molecule has 102 valence electrons. The van der Waals surface area contributed by atoms with Crippen LogP contribution in [0.3, 0.4) is 0 Å². The number of amides is 2. The number of hydrogen-bond acceptors (Lipinski definition) is 2. The van der Waals surface area contributed by atoms with E-state index in [4.69, 9.17) is 0 Å². The molecule has 0 atom stereocenters. The number of nitrogens with zero attached hydrogens (tertiary/aromatic N) is 1. The van der Waals surface area contributed by atoms with Gasteiger partial charge < -0.3 is 10.2 Å². The second-order valence-corrected chi connectivity index (χ2v) is 4.87. The molecule has 0 aliphatic carbocycles. The molecule has 0 spiro atoms. The minimum Gasteiger partial charge on any atom is -0.352 e. The molecule has 0 unspecified atom stereocenters. The molecular weight excluding hydrogens is 254 g/mol. The van der Waals surface area contributed by atoms with Gasteiger partial charge in [0.1, 0.15) is 22.7 Å². The highest BCUT2D eigenvalue weighted by atomic mass is 19.1. The monoisotopic (exact) mass is 268 g/mol. The summed E-state index contributed by atoms with van der Waals surface area (Å²) in [5, 5.41) is 2.62. The van der Waals surface area contributed by atoms with Crippen LogP contribution in [0.5, 0.6) is 0 Å². The van der Waals surface area contributed by atoms with Crippen LogP contribution in [0.4, 0.5) is 8.78 Å². The molecule has 2 rings (SSSR count). The van der Waals surface area contributed by atoms with E-state index in [1.54, 1.807) is 0 Å². The lowest BCUT2D eigenvalue weighted by molar-refractivity contribution is -0.133. The topological polar surface area (TPSA) is 49.4 Å². The summed E-state index contributed by atoms with van der Waals surface area (Å²) in [6.45, 7) is 3.56. The largest absolute Gasteiger partial charge is 0.352 e. The Morgan fingerprint density at radius 1 is 1.32 bits per heavy atom. The molecule has 1 aliphatic rings. The van der Waals surface area contributed by atoms with E-state index in [1.165, 1.54) is 24.8 Å². The van der Waals surface area contributed by atoms with Gasteiger partial charge in [-0.05, 0) is 26.0 Å². The van der Waals surface area contributed by atoms with E-state index in [0.29, 0.717) is 0 Å². The molecule has 1 aliphatic heterocycles. The summed E-state index contributed by atoms with van der Waals surface area (Å²) in [4.78, 5) is 25.2. The standard InChI is InChI=1S/C13H14F2N2O2/c1-13(2)12(19)16-6-7-17(13)11(18)10-8(14)4-3-5-9(10)15/h3-5H,6-7H2,1-2H3,(H,16,19).